The van der Waals surface area contributed by atoms with E-state index < -0.39 is 23.5 Å². The summed E-state index contributed by atoms with van der Waals surface area (Å²) < 4.78 is 0. The van der Waals surface area contributed by atoms with Crippen molar-refractivity contribution in [3.05, 3.63) is 77.6 Å². The van der Waals surface area contributed by atoms with Gasteiger partial charge in [-0.25, -0.2) is 9.79 Å². The lowest BCUT2D eigenvalue weighted by Crippen LogP contribution is -2.51. The minimum Gasteiger partial charge on any atom is -0.322 e. The van der Waals surface area contributed by atoms with Crippen molar-refractivity contribution in [2.75, 3.05) is 17.2 Å². The van der Waals surface area contributed by atoms with Gasteiger partial charge in [0.15, 0.2) is 5.78 Å². The number of nitrogens with one attached hydrogen (secondary N) is 3. The Morgan fingerprint density at radius 2 is 1.86 bits per heavy atom. The van der Waals surface area contributed by atoms with Crippen LogP contribution in [0.2, 0.25) is 0 Å². The number of aromatic amines is 1. The maximum absolute atomic E-state index is 13.5. The quantitative estimate of drug-likeness (QED) is 0.520. The second-order valence-electron chi connectivity index (χ2n) is 9.45. The highest BCUT2D eigenvalue weighted by atomic mass is 16.2. The first kappa shape index (κ1) is 23.9. The van der Waals surface area contributed by atoms with Crippen LogP contribution in [0.15, 0.2) is 65.8 Å². The largest absolute Gasteiger partial charge is 0.324 e. The Labute approximate surface area is 203 Å². The van der Waals surface area contributed by atoms with Gasteiger partial charge in [0.05, 0.1) is 17.9 Å². The van der Waals surface area contributed by atoms with Crippen LogP contribution >= 0.6 is 0 Å². The van der Waals surface area contributed by atoms with Gasteiger partial charge in [-0.15, -0.1) is 0 Å². The van der Waals surface area contributed by atoms with Crippen molar-refractivity contribution in [1.29, 1.82) is 0 Å². The number of aliphatic imine (C=N–C) groups is 1. The lowest BCUT2D eigenvalue weighted by molar-refractivity contribution is -0.128. The monoisotopic (exact) mass is 472 g/mol. The number of benzodiazepines with no additional fused rings is 1. The molecule has 0 fully saturated rings. The summed E-state index contributed by atoms with van der Waals surface area (Å²) in [6, 6.07) is 15.6. The average molecular weight is 473 g/mol. The van der Waals surface area contributed by atoms with Gasteiger partial charge in [0.25, 0.3) is 5.91 Å². The number of aromatic nitrogens is 2. The molecule has 4 rings (SSSR count). The van der Waals surface area contributed by atoms with Gasteiger partial charge in [-0.1, -0.05) is 51.1 Å². The number of benzene rings is 2. The number of carbonyl (C=O) groups excluding carboxylic acids is 3. The first-order chi connectivity index (χ1) is 16.6. The highest BCUT2D eigenvalue weighted by molar-refractivity contribution is 6.19. The molecule has 0 radical (unpaired) electrons. The molecule has 1 unspecified atom stereocenters. The molecule has 0 aliphatic carbocycles. The van der Waals surface area contributed by atoms with Crippen LogP contribution in [0.5, 0.6) is 0 Å². The Hall–Kier alpha value is -4.27. The number of rotatable bonds is 5. The van der Waals surface area contributed by atoms with Crippen LogP contribution < -0.4 is 10.6 Å². The molecular formula is C26H28N6O3. The molecule has 1 atom stereocenters. The molecule has 0 spiro atoms. The number of ketones is 1. The van der Waals surface area contributed by atoms with Gasteiger partial charge in [0, 0.05) is 22.9 Å². The molecule has 1 aliphatic rings. The molecule has 180 valence electrons. The number of para-hydroxylation sites is 1. The summed E-state index contributed by atoms with van der Waals surface area (Å²) >= 11 is 0. The Bertz CT molecular complexity index is 1290. The zero-order valence-electron chi connectivity index (χ0n) is 20.1. The van der Waals surface area contributed by atoms with Gasteiger partial charge >= 0.3 is 6.03 Å². The highest BCUT2D eigenvalue weighted by Crippen LogP contribution is 2.26. The summed E-state index contributed by atoms with van der Waals surface area (Å²) in [5.74, 6) is -0.730. The molecule has 2 aromatic carbocycles. The Morgan fingerprint density at radius 3 is 2.54 bits per heavy atom. The molecule has 3 N–H and O–H groups in total. The average Bonchev–Trinajstić information content (AvgIpc) is 3.28. The molecule has 1 aliphatic heterocycles. The zero-order chi connectivity index (χ0) is 25.2. The number of hydrogen-bond acceptors (Lipinski definition) is 5. The van der Waals surface area contributed by atoms with Gasteiger partial charge < -0.3 is 10.6 Å². The molecule has 3 aromatic rings. The lowest BCUT2D eigenvalue weighted by Gasteiger charge is -2.30. The number of anilines is 2. The van der Waals surface area contributed by atoms with E-state index in [1.807, 2.05) is 37.3 Å². The van der Waals surface area contributed by atoms with Gasteiger partial charge in [0.2, 0.25) is 6.17 Å². The van der Waals surface area contributed by atoms with Crippen molar-refractivity contribution < 1.29 is 14.4 Å². The summed E-state index contributed by atoms with van der Waals surface area (Å²) in [5, 5.41) is 12.7. The van der Waals surface area contributed by atoms with Crippen LogP contribution in [0, 0.1) is 12.3 Å². The normalized spacial score (nSPS) is 15.4. The van der Waals surface area contributed by atoms with E-state index in [2.05, 4.69) is 20.8 Å². The number of urea groups is 1. The SMILES string of the molecule is Cc1cccc(NC(=O)N(CC(=O)C(C)(C)C)C2N=C(c3cc[nH]n3)c3ccccc3NC2=O)c1. The molecule has 0 saturated carbocycles. The molecule has 1 aromatic heterocycles. The van der Waals surface area contributed by atoms with Crippen molar-refractivity contribution in [1.82, 2.24) is 15.1 Å². The van der Waals surface area contributed by atoms with E-state index in [1.54, 1.807) is 51.2 Å². The van der Waals surface area contributed by atoms with Crippen LogP contribution in [-0.4, -0.2) is 51.2 Å². The zero-order valence-corrected chi connectivity index (χ0v) is 20.1. The molecule has 2 heterocycles. The number of aryl methyl sites for hydroxylation is 1. The van der Waals surface area contributed by atoms with Crippen LogP contribution in [0.25, 0.3) is 0 Å². The molecule has 0 saturated heterocycles. The van der Waals surface area contributed by atoms with E-state index in [0.717, 1.165) is 5.56 Å². The van der Waals surface area contributed by atoms with Crippen LogP contribution in [0.4, 0.5) is 16.2 Å². The van der Waals surface area contributed by atoms with Crippen LogP contribution in [0.3, 0.4) is 0 Å². The van der Waals surface area contributed by atoms with Crippen molar-refractivity contribution in [3.63, 3.8) is 0 Å². The van der Waals surface area contributed by atoms with Crippen molar-refractivity contribution in [2.24, 2.45) is 10.4 Å². The fourth-order valence-corrected chi connectivity index (χ4v) is 3.63. The predicted octanol–water partition coefficient (Wildman–Crippen LogP) is 3.98. The van der Waals surface area contributed by atoms with Crippen molar-refractivity contribution in [2.45, 2.75) is 33.9 Å². The standard InChI is InChI=1S/C26H28N6O3/c1-16-8-7-9-17(14-16)28-25(35)32(15-21(33)26(2,3)4)23-24(34)29-19-11-6-5-10-18(19)22(30-23)20-12-13-27-31-20/h5-14,23H,15H2,1-4H3,(H,27,31)(H,28,35)(H,29,34). The predicted molar refractivity (Wildman–Crippen MR) is 134 cm³/mol. The van der Waals surface area contributed by atoms with E-state index in [0.29, 0.717) is 28.3 Å². The Balaban J connectivity index is 1.78. The summed E-state index contributed by atoms with van der Waals surface area (Å²) in [5.41, 5.74) is 2.95. The van der Waals surface area contributed by atoms with Gasteiger partial charge in [-0.05, 0) is 36.8 Å². The Morgan fingerprint density at radius 1 is 1.09 bits per heavy atom. The summed E-state index contributed by atoms with van der Waals surface area (Å²) in [7, 11) is 0. The Kier molecular flexibility index (Phi) is 6.50. The van der Waals surface area contributed by atoms with Crippen molar-refractivity contribution in [3.8, 4) is 0 Å². The minimum absolute atomic E-state index is 0.206. The number of H-pyrrole nitrogens is 1. The minimum atomic E-state index is -1.30. The van der Waals surface area contributed by atoms with Gasteiger partial charge in [-0.2, -0.15) is 5.10 Å². The van der Waals surface area contributed by atoms with Crippen LogP contribution in [-0.2, 0) is 9.59 Å². The maximum Gasteiger partial charge on any atom is 0.324 e. The third-order valence-electron chi connectivity index (χ3n) is 5.65. The summed E-state index contributed by atoms with van der Waals surface area (Å²) in [6.45, 7) is 6.92. The van der Waals surface area contributed by atoms with E-state index in [9.17, 15) is 14.4 Å². The molecule has 9 nitrogen and oxygen atoms in total. The molecule has 3 amide bonds. The second-order valence-corrected chi connectivity index (χ2v) is 9.45. The van der Waals surface area contributed by atoms with E-state index in [-0.39, 0.29) is 12.3 Å². The van der Waals surface area contributed by atoms with Gasteiger partial charge in [0.1, 0.15) is 5.69 Å². The van der Waals surface area contributed by atoms with E-state index in [1.165, 1.54) is 4.90 Å². The van der Waals surface area contributed by atoms with Crippen molar-refractivity contribution >= 4 is 34.8 Å². The summed E-state index contributed by atoms with van der Waals surface area (Å²) in [4.78, 5) is 45.8. The number of amides is 3. The highest BCUT2D eigenvalue weighted by Gasteiger charge is 2.37. The van der Waals surface area contributed by atoms with Gasteiger partial charge in [-0.3, -0.25) is 19.6 Å². The fourth-order valence-electron chi connectivity index (χ4n) is 3.63. The van der Waals surface area contributed by atoms with E-state index in [4.69, 9.17) is 4.99 Å². The summed E-state index contributed by atoms with van der Waals surface area (Å²) in [6.07, 6.45) is 0.353. The molecular weight excluding hydrogens is 444 g/mol. The van der Waals surface area contributed by atoms with E-state index >= 15 is 0 Å². The third kappa shape index (κ3) is 5.29. The maximum atomic E-state index is 13.5. The first-order valence-electron chi connectivity index (χ1n) is 11.3. The topological polar surface area (TPSA) is 120 Å². The number of Topliss-reactive ketones (excluding diaryl/α,β-unsaturated/α-hetero) is 1. The number of nitrogens with zero attached hydrogens (tertiary/aromatic N) is 3. The first-order valence-corrected chi connectivity index (χ1v) is 11.3. The number of hydrogen-bond donors (Lipinski definition) is 3. The molecule has 0 bridgehead atoms. The molecule has 9 heteroatoms. The number of fused-ring (bicyclic) bond motifs is 1. The fraction of sp³-hybridized carbons (Fsp3) is 0.269. The smallest absolute Gasteiger partial charge is 0.322 e. The number of carbonyl (C=O) groups is 3. The molecule has 35 heavy (non-hydrogen) atoms. The lowest BCUT2D eigenvalue weighted by atomic mass is 9.90. The second kappa shape index (κ2) is 9.54. The van der Waals surface area contributed by atoms with Crippen LogP contribution in [0.1, 0.15) is 37.6 Å². The third-order valence-corrected chi connectivity index (χ3v) is 5.65.